The van der Waals surface area contributed by atoms with Gasteiger partial charge in [-0.1, -0.05) is 48.5 Å². The van der Waals surface area contributed by atoms with E-state index < -0.39 is 17.9 Å². The van der Waals surface area contributed by atoms with Crippen molar-refractivity contribution in [2.45, 2.75) is 6.04 Å². The number of rotatable bonds is 2. The van der Waals surface area contributed by atoms with Gasteiger partial charge in [0.1, 0.15) is 0 Å². The van der Waals surface area contributed by atoms with E-state index in [2.05, 4.69) is 10.3 Å². The Morgan fingerprint density at radius 3 is 2.43 bits per heavy atom. The van der Waals surface area contributed by atoms with Crippen molar-refractivity contribution in [2.24, 2.45) is 10.7 Å². The van der Waals surface area contributed by atoms with Crippen molar-refractivity contribution in [3.05, 3.63) is 65.7 Å². The van der Waals surface area contributed by atoms with Crippen LogP contribution >= 0.6 is 0 Å². The number of benzodiazepines with no additional fused rings is 1. The van der Waals surface area contributed by atoms with Crippen LogP contribution in [0.25, 0.3) is 0 Å². The first-order chi connectivity index (χ1) is 10.2. The molecule has 1 atom stereocenters. The average Bonchev–Trinajstić information content (AvgIpc) is 2.64. The lowest BCUT2D eigenvalue weighted by Gasteiger charge is -2.09. The van der Waals surface area contributed by atoms with Crippen LogP contribution in [0.4, 0.5) is 5.69 Å². The lowest BCUT2D eigenvalue weighted by atomic mass is 10.0. The van der Waals surface area contributed by atoms with Gasteiger partial charge >= 0.3 is 0 Å². The predicted molar refractivity (Wildman–Crippen MR) is 80.1 cm³/mol. The Kier molecular flexibility index (Phi) is 3.23. The third-order valence-corrected chi connectivity index (χ3v) is 3.26. The molecule has 0 fully saturated rings. The molecule has 0 spiro atoms. The van der Waals surface area contributed by atoms with E-state index in [0.717, 1.165) is 11.1 Å². The van der Waals surface area contributed by atoms with Crippen molar-refractivity contribution in [3.8, 4) is 0 Å². The number of anilines is 1. The number of hydrogen-bond acceptors (Lipinski definition) is 3. The number of nitrogens with two attached hydrogens (primary N) is 1. The molecule has 0 saturated heterocycles. The highest BCUT2D eigenvalue weighted by Gasteiger charge is 2.29. The van der Waals surface area contributed by atoms with Gasteiger partial charge in [0.05, 0.1) is 11.4 Å². The summed E-state index contributed by atoms with van der Waals surface area (Å²) in [5, 5.41) is 2.70. The molecule has 1 unspecified atom stereocenters. The minimum atomic E-state index is -1.23. The molecular formula is C16H13N3O2. The van der Waals surface area contributed by atoms with Gasteiger partial charge in [-0.05, 0) is 6.07 Å². The summed E-state index contributed by atoms with van der Waals surface area (Å²) in [6, 6.07) is 15.5. The molecule has 0 radical (unpaired) electrons. The van der Waals surface area contributed by atoms with Crippen LogP contribution < -0.4 is 11.1 Å². The Morgan fingerprint density at radius 2 is 1.71 bits per heavy atom. The normalized spacial score (nSPS) is 17.2. The quantitative estimate of drug-likeness (QED) is 0.813. The van der Waals surface area contributed by atoms with Gasteiger partial charge in [0.25, 0.3) is 11.8 Å². The van der Waals surface area contributed by atoms with Gasteiger partial charge in [-0.2, -0.15) is 0 Å². The third kappa shape index (κ3) is 2.41. The first-order valence-corrected chi connectivity index (χ1v) is 6.49. The molecule has 3 N–H and O–H groups in total. The van der Waals surface area contributed by atoms with Gasteiger partial charge in [0.2, 0.25) is 6.04 Å². The van der Waals surface area contributed by atoms with Crippen LogP contribution in [0, 0.1) is 0 Å². The summed E-state index contributed by atoms with van der Waals surface area (Å²) in [4.78, 5) is 27.9. The number of para-hydroxylation sites is 1. The number of carbonyl (C=O) groups excluding carboxylic acids is 2. The Bertz CT molecular complexity index is 738. The number of fused-ring (bicyclic) bond motifs is 1. The standard InChI is InChI=1S/C16H13N3O2/c17-15(20)14-16(21)18-12-9-5-4-8-11(12)13(19-14)10-6-2-1-3-7-10/h1-9,14H,(H2,17,20)(H,18,21). The Hall–Kier alpha value is -2.95. The maximum Gasteiger partial charge on any atom is 0.258 e. The molecule has 21 heavy (non-hydrogen) atoms. The molecular weight excluding hydrogens is 266 g/mol. The molecule has 104 valence electrons. The summed E-state index contributed by atoms with van der Waals surface area (Å²) in [5.74, 6) is -1.28. The smallest absolute Gasteiger partial charge is 0.258 e. The van der Waals surface area contributed by atoms with Crippen LogP contribution in [0.5, 0.6) is 0 Å². The molecule has 5 heteroatoms. The highest BCUT2D eigenvalue weighted by atomic mass is 16.2. The monoisotopic (exact) mass is 279 g/mol. The van der Waals surface area contributed by atoms with Crippen LogP contribution in [-0.2, 0) is 9.59 Å². The SMILES string of the molecule is NC(=O)C1N=C(c2ccccc2)c2ccccc2NC1=O. The first kappa shape index (κ1) is 13.1. The number of benzene rings is 2. The second-order valence-electron chi connectivity index (χ2n) is 4.68. The van der Waals surface area contributed by atoms with Crippen LogP contribution in [0.1, 0.15) is 11.1 Å². The molecule has 2 amide bonds. The van der Waals surface area contributed by atoms with Crippen molar-refractivity contribution >= 4 is 23.2 Å². The molecule has 0 aromatic heterocycles. The number of nitrogens with one attached hydrogen (secondary N) is 1. The van der Waals surface area contributed by atoms with Gasteiger partial charge in [0, 0.05) is 11.1 Å². The summed E-state index contributed by atoms with van der Waals surface area (Å²) in [6.45, 7) is 0. The predicted octanol–water partition coefficient (Wildman–Crippen LogP) is 1.33. The summed E-state index contributed by atoms with van der Waals surface area (Å²) in [5.41, 5.74) is 8.08. The maximum atomic E-state index is 12.1. The Balaban J connectivity index is 2.23. The van der Waals surface area contributed by atoms with Crippen molar-refractivity contribution in [2.75, 3.05) is 5.32 Å². The average molecular weight is 279 g/mol. The van der Waals surface area contributed by atoms with Crippen molar-refractivity contribution in [1.29, 1.82) is 0 Å². The number of amides is 2. The molecule has 2 aromatic carbocycles. The van der Waals surface area contributed by atoms with E-state index in [4.69, 9.17) is 5.73 Å². The molecule has 3 rings (SSSR count). The summed E-state index contributed by atoms with van der Waals surface area (Å²) in [7, 11) is 0. The fraction of sp³-hybridized carbons (Fsp3) is 0.0625. The molecule has 0 aliphatic carbocycles. The minimum absolute atomic E-state index is 0.513. The zero-order valence-corrected chi connectivity index (χ0v) is 11.1. The lowest BCUT2D eigenvalue weighted by molar-refractivity contribution is -0.126. The number of carbonyl (C=O) groups is 2. The van der Waals surface area contributed by atoms with E-state index in [1.54, 1.807) is 6.07 Å². The number of aliphatic imine (C=N–C) groups is 1. The highest BCUT2D eigenvalue weighted by molar-refractivity contribution is 6.22. The van der Waals surface area contributed by atoms with Crippen LogP contribution in [-0.4, -0.2) is 23.6 Å². The minimum Gasteiger partial charge on any atom is -0.367 e. The number of hydrogen-bond donors (Lipinski definition) is 2. The number of primary amides is 1. The molecule has 2 aromatic rings. The van der Waals surface area contributed by atoms with E-state index in [1.807, 2.05) is 48.5 Å². The fourth-order valence-electron chi connectivity index (χ4n) is 2.28. The topological polar surface area (TPSA) is 84.6 Å². The van der Waals surface area contributed by atoms with Gasteiger partial charge in [-0.3, -0.25) is 14.6 Å². The van der Waals surface area contributed by atoms with E-state index in [9.17, 15) is 9.59 Å². The second-order valence-corrected chi connectivity index (χ2v) is 4.68. The second kappa shape index (κ2) is 5.20. The maximum absolute atomic E-state index is 12.1. The van der Waals surface area contributed by atoms with Gasteiger partial charge in [0.15, 0.2) is 0 Å². The summed E-state index contributed by atoms with van der Waals surface area (Å²) < 4.78 is 0. The lowest BCUT2D eigenvalue weighted by Crippen LogP contribution is -2.37. The summed E-state index contributed by atoms with van der Waals surface area (Å²) in [6.07, 6.45) is 0. The number of nitrogens with zero attached hydrogens (tertiary/aromatic N) is 1. The molecule has 0 saturated carbocycles. The largest absolute Gasteiger partial charge is 0.367 e. The van der Waals surface area contributed by atoms with Gasteiger partial charge in [-0.15, -0.1) is 0 Å². The van der Waals surface area contributed by atoms with Crippen molar-refractivity contribution < 1.29 is 9.59 Å². The highest BCUT2D eigenvalue weighted by Crippen LogP contribution is 2.23. The van der Waals surface area contributed by atoms with Crippen LogP contribution in [0.2, 0.25) is 0 Å². The van der Waals surface area contributed by atoms with Crippen molar-refractivity contribution in [3.63, 3.8) is 0 Å². The fourth-order valence-corrected chi connectivity index (χ4v) is 2.28. The van der Waals surface area contributed by atoms with Crippen LogP contribution in [0.3, 0.4) is 0 Å². The van der Waals surface area contributed by atoms with E-state index in [1.165, 1.54) is 0 Å². The van der Waals surface area contributed by atoms with E-state index >= 15 is 0 Å². The molecule has 5 nitrogen and oxygen atoms in total. The van der Waals surface area contributed by atoms with Crippen molar-refractivity contribution in [1.82, 2.24) is 0 Å². The summed E-state index contributed by atoms with van der Waals surface area (Å²) >= 11 is 0. The van der Waals surface area contributed by atoms with Crippen LogP contribution in [0.15, 0.2) is 59.6 Å². The van der Waals surface area contributed by atoms with E-state index in [-0.39, 0.29) is 0 Å². The zero-order valence-electron chi connectivity index (χ0n) is 11.1. The molecule has 1 aliphatic heterocycles. The Morgan fingerprint density at radius 1 is 1.05 bits per heavy atom. The zero-order chi connectivity index (χ0) is 14.8. The third-order valence-electron chi connectivity index (χ3n) is 3.26. The molecule has 0 bridgehead atoms. The van der Waals surface area contributed by atoms with E-state index in [0.29, 0.717) is 11.4 Å². The van der Waals surface area contributed by atoms with Gasteiger partial charge in [-0.25, -0.2) is 0 Å². The first-order valence-electron chi connectivity index (χ1n) is 6.49. The Labute approximate surface area is 121 Å². The van der Waals surface area contributed by atoms with Gasteiger partial charge < -0.3 is 11.1 Å². The molecule has 1 aliphatic rings. The molecule has 1 heterocycles.